The molecule has 0 saturated carbocycles. The molecule has 4 nitrogen and oxygen atoms in total. The van der Waals surface area contributed by atoms with Gasteiger partial charge in [-0.3, -0.25) is 4.79 Å². The Balaban J connectivity index is 1.99. The summed E-state index contributed by atoms with van der Waals surface area (Å²) in [6.07, 6.45) is 3.97. The van der Waals surface area contributed by atoms with Gasteiger partial charge < -0.3 is 10.0 Å². The third kappa shape index (κ3) is 3.22. The number of carboxylic acid groups (broad SMARTS) is 1. The smallest absolute Gasteiger partial charge is 0.303 e. The summed E-state index contributed by atoms with van der Waals surface area (Å²) in [7, 11) is 0. The minimum atomic E-state index is -0.689. The third-order valence-electron chi connectivity index (χ3n) is 3.39. The van der Waals surface area contributed by atoms with Gasteiger partial charge in [0.25, 0.3) is 0 Å². The number of halogens is 1. The lowest BCUT2D eigenvalue weighted by Crippen LogP contribution is -2.35. The number of carbonyl (C=O) groups is 1. The second-order valence-electron chi connectivity index (χ2n) is 4.82. The predicted octanol–water partition coefficient (Wildman–Crippen LogP) is 2.84. The lowest BCUT2D eigenvalue weighted by Gasteiger charge is -2.33. The zero-order valence-corrected chi connectivity index (χ0v) is 12.0. The van der Waals surface area contributed by atoms with E-state index in [0.29, 0.717) is 12.3 Å². The van der Waals surface area contributed by atoms with Crippen molar-refractivity contribution in [2.24, 2.45) is 5.92 Å². The van der Waals surface area contributed by atoms with Gasteiger partial charge in [-0.05, 0) is 53.2 Å². The van der Waals surface area contributed by atoms with Crippen molar-refractivity contribution in [1.29, 1.82) is 0 Å². The molecule has 0 unspecified atom stereocenters. The van der Waals surface area contributed by atoms with Crippen LogP contribution < -0.4 is 4.90 Å². The summed E-state index contributed by atoms with van der Waals surface area (Å²) in [6.45, 7) is 3.84. The highest BCUT2D eigenvalue weighted by Crippen LogP contribution is 2.27. The Morgan fingerprint density at radius 1 is 1.56 bits per heavy atom. The van der Waals surface area contributed by atoms with Crippen LogP contribution in [0.1, 0.15) is 24.8 Å². The average Bonchev–Trinajstić information content (AvgIpc) is 2.30. The van der Waals surface area contributed by atoms with Crippen molar-refractivity contribution in [2.45, 2.75) is 26.2 Å². The molecule has 1 N–H and O–H groups in total. The minimum absolute atomic E-state index is 0.292. The first kappa shape index (κ1) is 13.3. The van der Waals surface area contributed by atoms with Crippen molar-refractivity contribution in [2.75, 3.05) is 18.0 Å². The summed E-state index contributed by atoms with van der Waals surface area (Å²) >= 11 is 3.41. The van der Waals surface area contributed by atoms with E-state index in [1.807, 2.05) is 6.20 Å². The average molecular weight is 313 g/mol. The lowest BCUT2D eigenvalue weighted by molar-refractivity contribution is -0.138. The number of anilines is 1. The molecule has 0 bridgehead atoms. The molecule has 2 rings (SSSR count). The maximum Gasteiger partial charge on any atom is 0.303 e. The summed E-state index contributed by atoms with van der Waals surface area (Å²) in [4.78, 5) is 17.4. The summed E-state index contributed by atoms with van der Waals surface area (Å²) in [5, 5.41) is 8.79. The molecule has 5 heteroatoms. The molecule has 2 heterocycles. The molecule has 18 heavy (non-hydrogen) atoms. The summed E-state index contributed by atoms with van der Waals surface area (Å²) in [5.41, 5.74) is 1.15. The molecule has 1 aliphatic heterocycles. The number of carboxylic acids is 1. The Morgan fingerprint density at radius 3 is 2.78 bits per heavy atom. The number of piperidine rings is 1. The number of nitrogens with zero attached hydrogens (tertiary/aromatic N) is 2. The molecule has 1 aromatic rings. The molecule has 0 atom stereocenters. The van der Waals surface area contributed by atoms with Crippen LogP contribution in [0, 0.1) is 12.8 Å². The van der Waals surface area contributed by atoms with Crippen LogP contribution in [0.2, 0.25) is 0 Å². The van der Waals surface area contributed by atoms with Crippen molar-refractivity contribution < 1.29 is 9.90 Å². The molecule has 0 aromatic carbocycles. The molecule has 1 fully saturated rings. The lowest BCUT2D eigenvalue weighted by atomic mass is 9.93. The van der Waals surface area contributed by atoms with Gasteiger partial charge >= 0.3 is 5.97 Å². The van der Waals surface area contributed by atoms with Gasteiger partial charge in [0.2, 0.25) is 0 Å². The van der Waals surface area contributed by atoms with E-state index in [-0.39, 0.29) is 0 Å². The summed E-state index contributed by atoms with van der Waals surface area (Å²) in [5.74, 6) is 0.646. The number of aliphatic carboxylic acids is 1. The van der Waals surface area contributed by atoms with Gasteiger partial charge in [0, 0.05) is 30.2 Å². The van der Waals surface area contributed by atoms with Gasteiger partial charge in [0.15, 0.2) is 0 Å². The van der Waals surface area contributed by atoms with Crippen molar-refractivity contribution in [3.63, 3.8) is 0 Å². The predicted molar refractivity (Wildman–Crippen MR) is 73.9 cm³/mol. The fraction of sp³-hybridized carbons (Fsp3) is 0.538. The van der Waals surface area contributed by atoms with Crippen molar-refractivity contribution in [1.82, 2.24) is 4.98 Å². The van der Waals surface area contributed by atoms with E-state index >= 15 is 0 Å². The highest BCUT2D eigenvalue weighted by molar-refractivity contribution is 9.10. The number of hydrogen-bond acceptors (Lipinski definition) is 3. The largest absolute Gasteiger partial charge is 0.481 e. The molecule has 0 aliphatic carbocycles. The van der Waals surface area contributed by atoms with E-state index in [1.54, 1.807) is 0 Å². The van der Waals surface area contributed by atoms with Gasteiger partial charge in [-0.15, -0.1) is 0 Å². The highest BCUT2D eigenvalue weighted by Gasteiger charge is 2.22. The minimum Gasteiger partial charge on any atom is -0.481 e. The Hall–Kier alpha value is -1.10. The number of aryl methyl sites for hydroxylation is 1. The van der Waals surface area contributed by atoms with Gasteiger partial charge in [0.05, 0.1) is 0 Å². The second kappa shape index (κ2) is 5.69. The monoisotopic (exact) mass is 312 g/mol. The molecule has 0 amide bonds. The standard InChI is InChI=1S/C13H17BrN2O2/c1-9-6-11(14)8-15-13(9)16-4-2-10(3-5-16)7-12(17)18/h6,8,10H,2-5,7H2,1H3,(H,17,18). The SMILES string of the molecule is Cc1cc(Br)cnc1N1CCC(CC(=O)O)CC1. The number of pyridine rings is 1. The van der Waals surface area contributed by atoms with E-state index in [0.717, 1.165) is 41.8 Å². The van der Waals surface area contributed by atoms with Crippen LogP contribution in [-0.2, 0) is 4.79 Å². The molecule has 1 aliphatic rings. The normalized spacial score (nSPS) is 16.9. The topological polar surface area (TPSA) is 53.4 Å². The maximum absolute atomic E-state index is 10.7. The number of rotatable bonds is 3. The molecule has 0 radical (unpaired) electrons. The van der Waals surface area contributed by atoms with Gasteiger partial charge in [-0.1, -0.05) is 0 Å². The Labute approximate surface area is 115 Å². The highest BCUT2D eigenvalue weighted by atomic mass is 79.9. The van der Waals surface area contributed by atoms with Gasteiger partial charge in [-0.25, -0.2) is 4.98 Å². The van der Waals surface area contributed by atoms with Crippen LogP contribution in [0.4, 0.5) is 5.82 Å². The molecular weight excluding hydrogens is 296 g/mol. The molecular formula is C13H17BrN2O2. The zero-order valence-electron chi connectivity index (χ0n) is 10.4. The fourth-order valence-corrected chi connectivity index (χ4v) is 2.91. The van der Waals surface area contributed by atoms with Crippen LogP contribution in [-0.4, -0.2) is 29.1 Å². The summed E-state index contributed by atoms with van der Waals surface area (Å²) < 4.78 is 0.990. The second-order valence-corrected chi connectivity index (χ2v) is 5.74. The van der Waals surface area contributed by atoms with E-state index < -0.39 is 5.97 Å². The van der Waals surface area contributed by atoms with Crippen molar-refractivity contribution >= 4 is 27.7 Å². The van der Waals surface area contributed by atoms with E-state index in [4.69, 9.17) is 5.11 Å². The third-order valence-corrected chi connectivity index (χ3v) is 3.83. The van der Waals surface area contributed by atoms with E-state index in [1.165, 1.54) is 0 Å². The number of hydrogen-bond donors (Lipinski definition) is 1. The first-order chi connectivity index (χ1) is 8.56. The molecule has 1 aromatic heterocycles. The van der Waals surface area contributed by atoms with Gasteiger partial charge in [-0.2, -0.15) is 0 Å². The Morgan fingerprint density at radius 2 is 2.22 bits per heavy atom. The van der Waals surface area contributed by atoms with Gasteiger partial charge in [0.1, 0.15) is 5.82 Å². The van der Waals surface area contributed by atoms with Crippen molar-refractivity contribution in [3.05, 3.63) is 22.3 Å². The first-order valence-electron chi connectivity index (χ1n) is 6.15. The molecule has 1 saturated heterocycles. The van der Waals surface area contributed by atoms with E-state index in [2.05, 4.69) is 38.8 Å². The maximum atomic E-state index is 10.7. The quantitative estimate of drug-likeness (QED) is 0.932. The Kier molecular flexibility index (Phi) is 4.22. The van der Waals surface area contributed by atoms with Crippen LogP contribution in [0.15, 0.2) is 16.7 Å². The first-order valence-corrected chi connectivity index (χ1v) is 6.94. The molecule has 0 spiro atoms. The Bertz CT molecular complexity index is 443. The van der Waals surface area contributed by atoms with E-state index in [9.17, 15) is 4.79 Å². The van der Waals surface area contributed by atoms with Crippen LogP contribution in [0.5, 0.6) is 0 Å². The summed E-state index contributed by atoms with van der Waals surface area (Å²) in [6, 6.07) is 2.06. The van der Waals surface area contributed by atoms with Crippen LogP contribution in [0.3, 0.4) is 0 Å². The fourth-order valence-electron chi connectivity index (χ4n) is 2.46. The molecule has 98 valence electrons. The van der Waals surface area contributed by atoms with Crippen LogP contribution in [0.25, 0.3) is 0 Å². The number of aromatic nitrogens is 1. The van der Waals surface area contributed by atoms with Crippen molar-refractivity contribution in [3.8, 4) is 0 Å². The van der Waals surface area contributed by atoms with Crippen LogP contribution >= 0.6 is 15.9 Å². The zero-order chi connectivity index (χ0) is 13.1.